The van der Waals surface area contributed by atoms with Gasteiger partial charge in [-0.1, -0.05) is 0 Å². The summed E-state index contributed by atoms with van der Waals surface area (Å²) in [6.07, 6.45) is -2.17. The molecule has 0 fully saturated rings. The number of hydrogen-bond acceptors (Lipinski definition) is 2. The lowest BCUT2D eigenvalue weighted by molar-refractivity contribution is 0.111. The third kappa shape index (κ3) is 2.20. The Morgan fingerprint density at radius 3 is 2.69 bits per heavy atom. The molecule has 1 aromatic heterocycles. The summed E-state index contributed by atoms with van der Waals surface area (Å²) < 4.78 is 25.3. The van der Waals surface area contributed by atoms with E-state index < -0.39 is 6.43 Å². The van der Waals surface area contributed by atoms with E-state index in [0.717, 1.165) is 0 Å². The van der Waals surface area contributed by atoms with Crippen molar-refractivity contribution in [1.29, 1.82) is 0 Å². The fourth-order valence-corrected chi connectivity index (χ4v) is 1.48. The van der Waals surface area contributed by atoms with Gasteiger partial charge in [0.05, 0.1) is 0 Å². The molecule has 70 valence electrons. The molecule has 0 saturated carbocycles. The van der Waals surface area contributed by atoms with Crippen LogP contribution in [0.3, 0.4) is 0 Å². The maximum Gasteiger partial charge on any atom is 0.280 e. The van der Waals surface area contributed by atoms with Gasteiger partial charge in [-0.2, -0.15) is 0 Å². The average Bonchev–Trinajstić information content (AvgIpc) is 2.09. The fraction of sp³-hybridized carbons (Fsp3) is 0.250. The van der Waals surface area contributed by atoms with E-state index in [9.17, 15) is 13.6 Å². The van der Waals surface area contributed by atoms with Crippen molar-refractivity contribution in [3.63, 3.8) is 0 Å². The van der Waals surface area contributed by atoms with E-state index in [1.165, 1.54) is 6.07 Å². The summed E-state index contributed by atoms with van der Waals surface area (Å²) in [6.45, 7) is 1.56. The van der Waals surface area contributed by atoms with E-state index in [1.54, 1.807) is 6.92 Å². The van der Waals surface area contributed by atoms with Crippen LogP contribution in [0.5, 0.6) is 0 Å². The first kappa shape index (κ1) is 10.5. The molecule has 13 heavy (non-hydrogen) atoms. The first-order valence-corrected chi connectivity index (χ1v) is 4.54. The highest BCUT2D eigenvalue weighted by atomic mass is 127. The molecule has 0 amide bonds. The van der Waals surface area contributed by atoms with E-state index in [-0.39, 0.29) is 11.4 Å². The van der Waals surface area contributed by atoms with Crippen molar-refractivity contribution in [1.82, 2.24) is 4.98 Å². The summed E-state index contributed by atoms with van der Waals surface area (Å²) in [5.74, 6) is 0. The number of carbonyl (C=O) groups excluding carboxylic acids is 1. The zero-order chi connectivity index (χ0) is 10.0. The largest absolute Gasteiger partial charge is 0.296 e. The Labute approximate surface area is 87.5 Å². The monoisotopic (exact) mass is 297 g/mol. The van der Waals surface area contributed by atoms with Crippen LogP contribution in [0.2, 0.25) is 0 Å². The Balaban J connectivity index is 3.32. The van der Waals surface area contributed by atoms with Crippen molar-refractivity contribution in [3.05, 3.63) is 26.6 Å². The van der Waals surface area contributed by atoms with E-state index in [2.05, 4.69) is 4.98 Å². The van der Waals surface area contributed by atoms with Crippen molar-refractivity contribution < 1.29 is 13.6 Å². The third-order valence-corrected chi connectivity index (χ3v) is 2.71. The quantitative estimate of drug-likeness (QED) is 0.620. The number of pyridine rings is 1. The Morgan fingerprint density at radius 1 is 1.62 bits per heavy atom. The predicted molar refractivity (Wildman–Crippen MR) is 52.0 cm³/mol. The molecule has 0 atom stereocenters. The van der Waals surface area contributed by atoms with Gasteiger partial charge in [-0.15, -0.1) is 0 Å². The highest BCUT2D eigenvalue weighted by Crippen LogP contribution is 2.24. The molecule has 1 aromatic rings. The van der Waals surface area contributed by atoms with Gasteiger partial charge >= 0.3 is 0 Å². The number of hydrogen-bond donors (Lipinski definition) is 0. The summed E-state index contributed by atoms with van der Waals surface area (Å²) in [5.41, 5.74) is 0.167. The lowest BCUT2D eigenvalue weighted by Gasteiger charge is -2.06. The zero-order valence-electron chi connectivity index (χ0n) is 6.72. The summed E-state index contributed by atoms with van der Waals surface area (Å²) in [5, 5.41) is 0. The van der Waals surface area contributed by atoms with Crippen LogP contribution in [0, 0.1) is 10.5 Å². The molecule has 0 bridgehead atoms. The summed E-state index contributed by atoms with van der Waals surface area (Å²) in [4.78, 5) is 13.9. The molecule has 0 aromatic carbocycles. The van der Waals surface area contributed by atoms with Gasteiger partial charge in [0.15, 0.2) is 6.29 Å². The van der Waals surface area contributed by atoms with Crippen LogP contribution in [0.1, 0.15) is 28.2 Å². The van der Waals surface area contributed by atoms with Crippen LogP contribution >= 0.6 is 22.6 Å². The summed E-state index contributed by atoms with van der Waals surface area (Å²) in [7, 11) is 0. The van der Waals surface area contributed by atoms with Gasteiger partial charge < -0.3 is 0 Å². The minimum atomic E-state index is -2.63. The minimum absolute atomic E-state index is 0.0466. The maximum atomic E-state index is 12.3. The van der Waals surface area contributed by atoms with Gasteiger partial charge in [0.1, 0.15) is 11.4 Å². The predicted octanol–water partition coefficient (Wildman–Crippen LogP) is 2.74. The van der Waals surface area contributed by atoms with E-state index in [4.69, 9.17) is 0 Å². The van der Waals surface area contributed by atoms with Crippen molar-refractivity contribution >= 4 is 28.9 Å². The lowest BCUT2D eigenvalue weighted by Crippen LogP contribution is -2.01. The normalized spacial score (nSPS) is 10.5. The summed E-state index contributed by atoms with van der Waals surface area (Å²) in [6, 6.07) is 1.48. The molecule has 0 N–H and O–H groups in total. The zero-order valence-corrected chi connectivity index (χ0v) is 8.88. The van der Waals surface area contributed by atoms with Crippen LogP contribution < -0.4 is 0 Å². The van der Waals surface area contributed by atoms with Crippen LogP contribution in [-0.2, 0) is 0 Å². The second-order valence-electron chi connectivity index (χ2n) is 2.46. The maximum absolute atomic E-state index is 12.3. The third-order valence-electron chi connectivity index (χ3n) is 1.59. The Kier molecular flexibility index (Phi) is 3.29. The van der Waals surface area contributed by atoms with Gasteiger partial charge in [0.2, 0.25) is 0 Å². The number of alkyl halides is 2. The molecule has 2 nitrogen and oxygen atoms in total. The number of aldehydes is 1. The Morgan fingerprint density at radius 2 is 2.23 bits per heavy atom. The fourth-order valence-electron chi connectivity index (χ4n) is 0.888. The molecule has 0 aliphatic heterocycles. The first-order valence-electron chi connectivity index (χ1n) is 3.46. The van der Waals surface area contributed by atoms with Crippen molar-refractivity contribution in [2.75, 3.05) is 0 Å². The number of halogens is 3. The number of nitrogens with zero attached hydrogens (tertiary/aromatic N) is 1. The van der Waals surface area contributed by atoms with E-state index >= 15 is 0 Å². The molecule has 0 spiro atoms. The molecule has 0 saturated heterocycles. The molecule has 1 heterocycles. The number of carbonyl (C=O) groups is 1. The SMILES string of the molecule is Cc1c(I)cc(C=O)nc1C(F)F. The highest BCUT2D eigenvalue weighted by Gasteiger charge is 2.15. The molecule has 0 radical (unpaired) electrons. The second kappa shape index (κ2) is 4.08. The molecule has 0 aliphatic rings. The van der Waals surface area contributed by atoms with Crippen LogP contribution in [0.15, 0.2) is 6.07 Å². The van der Waals surface area contributed by atoms with Gasteiger partial charge in [-0.05, 0) is 41.1 Å². The smallest absolute Gasteiger partial charge is 0.280 e. The van der Waals surface area contributed by atoms with Crippen LogP contribution in [0.25, 0.3) is 0 Å². The topological polar surface area (TPSA) is 30.0 Å². The Bertz CT molecular complexity index is 341. The summed E-state index contributed by atoms with van der Waals surface area (Å²) >= 11 is 1.90. The molecule has 5 heteroatoms. The average molecular weight is 297 g/mol. The van der Waals surface area contributed by atoms with Gasteiger partial charge in [0.25, 0.3) is 6.43 Å². The lowest BCUT2D eigenvalue weighted by atomic mass is 10.2. The van der Waals surface area contributed by atoms with Gasteiger partial charge in [-0.25, -0.2) is 13.8 Å². The van der Waals surface area contributed by atoms with Crippen molar-refractivity contribution in [2.45, 2.75) is 13.3 Å². The van der Waals surface area contributed by atoms with Gasteiger partial charge in [-0.3, -0.25) is 4.79 Å². The van der Waals surface area contributed by atoms with Crippen LogP contribution in [-0.4, -0.2) is 11.3 Å². The van der Waals surface area contributed by atoms with Gasteiger partial charge in [0, 0.05) is 3.57 Å². The number of aromatic nitrogens is 1. The first-order chi connectivity index (χ1) is 6.06. The van der Waals surface area contributed by atoms with Crippen LogP contribution in [0.4, 0.5) is 8.78 Å². The molecule has 0 aliphatic carbocycles. The van der Waals surface area contributed by atoms with Crippen molar-refractivity contribution in [3.8, 4) is 0 Å². The molecule has 0 unspecified atom stereocenters. The second-order valence-corrected chi connectivity index (χ2v) is 3.62. The van der Waals surface area contributed by atoms with E-state index in [1.807, 2.05) is 22.6 Å². The minimum Gasteiger partial charge on any atom is -0.296 e. The standard InChI is InChI=1S/C8H6F2INO/c1-4-6(11)2-5(3-13)12-7(4)8(9)10/h2-3,8H,1H3. The Hall–Kier alpha value is -0.590. The van der Waals surface area contributed by atoms with E-state index in [0.29, 0.717) is 15.4 Å². The molecule has 1 rings (SSSR count). The molecular formula is C8H6F2INO. The highest BCUT2D eigenvalue weighted by molar-refractivity contribution is 14.1. The molecular weight excluding hydrogens is 291 g/mol. The number of rotatable bonds is 2. The van der Waals surface area contributed by atoms with Crippen molar-refractivity contribution in [2.24, 2.45) is 0 Å².